The molecular formula is C14H12F2N2O2S. The molecule has 0 aromatic heterocycles. The van der Waals surface area contributed by atoms with Crippen LogP contribution in [0.1, 0.15) is 5.56 Å². The van der Waals surface area contributed by atoms with Crippen LogP contribution in [0.15, 0.2) is 51.3 Å². The lowest BCUT2D eigenvalue weighted by Gasteiger charge is -2.10. The molecule has 0 aliphatic carbocycles. The molecule has 0 aliphatic heterocycles. The molecule has 0 radical (unpaired) electrons. The number of hydrogen-bond donors (Lipinski definition) is 2. The van der Waals surface area contributed by atoms with Gasteiger partial charge in [0.05, 0.1) is 7.11 Å². The number of oxime groups is 1. The van der Waals surface area contributed by atoms with Gasteiger partial charge in [0.1, 0.15) is 5.75 Å². The van der Waals surface area contributed by atoms with Gasteiger partial charge in [-0.05, 0) is 36.4 Å². The minimum atomic E-state index is -0.937. The maximum atomic E-state index is 13.3. The van der Waals surface area contributed by atoms with Crippen LogP contribution in [0.2, 0.25) is 0 Å². The Hall–Kier alpha value is -2.28. The van der Waals surface area contributed by atoms with Crippen molar-refractivity contribution in [3.63, 3.8) is 0 Å². The highest BCUT2D eigenvalue weighted by Crippen LogP contribution is 2.33. The highest BCUT2D eigenvalue weighted by atomic mass is 32.2. The van der Waals surface area contributed by atoms with Crippen molar-refractivity contribution in [3.8, 4) is 5.75 Å². The first-order valence-corrected chi connectivity index (χ1v) is 6.65. The number of rotatable bonds is 4. The Balaban J connectivity index is 2.43. The van der Waals surface area contributed by atoms with Crippen LogP contribution in [-0.2, 0) is 0 Å². The van der Waals surface area contributed by atoms with Crippen LogP contribution < -0.4 is 10.5 Å². The summed E-state index contributed by atoms with van der Waals surface area (Å²) in [7, 11) is 1.50. The summed E-state index contributed by atoms with van der Waals surface area (Å²) >= 11 is 1.15. The summed E-state index contributed by atoms with van der Waals surface area (Å²) in [5, 5.41) is 11.8. The maximum Gasteiger partial charge on any atom is 0.171 e. The van der Waals surface area contributed by atoms with Crippen LogP contribution in [0.25, 0.3) is 0 Å². The lowest BCUT2D eigenvalue weighted by atomic mass is 10.2. The van der Waals surface area contributed by atoms with Gasteiger partial charge >= 0.3 is 0 Å². The molecule has 0 spiro atoms. The molecule has 0 atom stereocenters. The number of benzene rings is 2. The van der Waals surface area contributed by atoms with Crippen molar-refractivity contribution in [2.24, 2.45) is 10.9 Å². The summed E-state index contributed by atoms with van der Waals surface area (Å²) in [6.07, 6.45) is 0. The van der Waals surface area contributed by atoms with E-state index in [1.165, 1.54) is 13.2 Å². The van der Waals surface area contributed by atoms with Gasteiger partial charge in [-0.25, -0.2) is 8.78 Å². The molecule has 7 heteroatoms. The molecule has 21 heavy (non-hydrogen) atoms. The first-order chi connectivity index (χ1) is 10.0. The average molecular weight is 310 g/mol. The highest BCUT2D eigenvalue weighted by molar-refractivity contribution is 7.99. The summed E-state index contributed by atoms with van der Waals surface area (Å²) in [6, 6.07) is 8.51. The molecule has 110 valence electrons. The topological polar surface area (TPSA) is 67.8 Å². The molecule has 4 nitrogen and oxygen atoms in total. The lowest BCUT2D eigenvalue weighted by molar-refractivity contribution is 0.318. The summed E-state index contributed by atoms with van der Waals surface area (Å²) < 4.78 is 31.3. The van der Waals surface area contributed by atoms with Crippen molar-refractivity contribution in [2.45, 2.75) is 9.79 Å². The molecule has 3 N–H and O–H groups in total. The fourth-order valence-corrected chi connectivity index (χ4v) is 2.66. The molecule has 2 aromatic carbocycles. The van der Waals surface area contributed by atoms with Crippen molar-refractivity contribution in [1.82, 2.24) is 0 Å². The van der Waals surface area contributed by atoms with Crippen molar-refractivity contribution < 1.29 is 18.7 Å². The standard InChI is InChI=1S/C14H12F2N2O2S/c1-20-8-2-4-10(14(17)18-19)13(6-8)21-9-3-5-11(15)12(16)7-9/h2-7,19H,1H3,(H2,17,18). The zero-order valence-corrected chi connectivity index (χ0v) is 11.8. The minimum Gasteiger partial charge on any atom is -0.497 e. The van der Waals surface area contributed by atoms with E-state index in [1.54, 1.807) is 18.2 Å². The van der Waals surface area contributed by atoms with E-state index in [2.05, 4.69) is 5.16 Å². The normalized spacial score (nSPS) is 11.5. The Labute approximate surface area is 124 Å². The second kappa shape index (κ2) is 6.45. The van der Waals surface area contributed by atoms with Crippen molar-refractivity contribution in [2.75, 3.05) is 7.11 Å². The largest absolute Gasteiger partial charge is 0.497 e. The van der Waals surface area contributed by atoms with Gasteiger partial charge in [0.15, 0.2) is 17.5 Å². The highest BCUT2D eigenvalue weighted by Gasteiger charge is 2.12. The van der Waals surface area contributed by atoms with E-state index in [4.69, 9.17) is 15.7 Å². The molecule has 0 saturated carbocycles. The Morgan fingerprint density at radius 2 is 1.95 bits per heavy atom. The predicted octanol–water partition coefficient (Wildman–Crippen LogP) is 3.22. The molecule has 0 heterocycles. The summed E-state index contributed by atoms with van der Waals surface area (Å²) in [6.45, 7) is 0. The zero-order chi connectivity index (χ0) is 15.4. The minimum absolute atomic E-state index is 0.0808. The first-order valence-electron chi connectivity index (χ1n) is 5.84. The molecule has 2 rings (SSSR count). The summed E-state index contributed by atoms with van der Waals surface area (Å²) in [5.41, 5.74) is 6.07. The fraction of sp³-hybridized carbons (Fsp3) is 0.0714. The van der Waals surface area contributed by atoms with E-state index in [1.807, 2.05) is 0 Å². The van der Waals surface area contributed by atoms with Gasteiger partial charge in [-0.3, -0.25) is 0 Å². The van der Waals surface area contributed by atoms with Crippen molar-refractivity contribution >= 4 is 17.6 Å². The van der Waals surface area contributed by atoms with Crippen molar-refractivity contribution in [1.29, 1.82) is 0 Å². The van der Waals surface area contributed by atoms with Gasteiger partial charge in [-0.2, -0.15) is 0 Å². The number of nitrogens with zero attached hydrogens (tertiary/aromatic N) is 1. The lowest BCUT2D eigenvalue weighted by Crippen LogP contribution is -2.14. The number of halogens is 2. The molecular weight excluding hydrogens is 298 g/mol. The molecule has 0 unspecified atom stereocenters. The molecule has 2 aromatic rings. The monoisotopic (exact) mass is 310 g/mol. The van der Waals surface area contributed by atoms with E-state index in [9.17, 15) is 8.78 Å². The van der Waals surface area contributed by atoms with Gasteiger partial charge in [-0.15, -0.1) is 0 Å². The third kappa shape index (κ3) is 3.43. The summed E-state index contributed by atoms with van der Waals surface area (Å²) in [4.78, 5) is 1.07. The predicted molar refractivity (Wildman–Crippen MR) is 76.0 cm³/mol. The molecule has 0 amide bonds. The SMILES string of the molecule is COc1ccc(/C(N)=N/O)c(Sc2ccc(F)c(F)c2)c1. The van der Waals surface area contributed by atoms with Gasteiger partial charge in [0, 0.05) is 15.4 Å². The van der Waals surface area contributed by atoms with E-state index in [0.717, 1.165) is 23.9 Å². The maximum absolute atomic E-state index is 13.3. The Bertz CT molecular complexity index is 693. The number of hydrogen-bond acceptors (Lipinski definition) is 4. The molecule has 0 saturated heterocycles. The van der Waals surface area contributed by atoms with Crippen molar-refractivity contribution in [3.05, 3.63) is 53.6 Å². The van der Waals surface area contributed by atoms with Crippen LogP contribution >= 0.6 is 11.8 Å². The second-order valence-corrected chi connectivity index (χ2v) is 5.14. The van der Waals surface area contributed by atoms with E-state index in [0.29, 0.717) is 21.1 Å². The van der Waals surface area contributed by atoms with Crippen LogP contribution in [0.5, 0.6) is 5.75 Å². The Morgan fingerprint density at radius 1 is 1.19 bits per heavy atom. The Kier molecular flexibility index (Phi) is 4.64. The number of methoxy groups -OCH3 is 1. The van der Waals surface area contributed by atoms with E-state index >= 15 is 0 Å². The van der Waals surface area contributed by atoms with E-state index < -0.39 is 11.6 Å². The fourth-order valence-electron chi connectivity index (χ4n) is 1.65. The zero-order valence-electron chi connectivity index (χ0n) is 11.0. The van der Waals surface area contributed by atoms with Gasteiger partial charge < -0.3 is 15.7 Å². The van der Waals surface area contributed by atoms with Gasteiger partial charge in [0.2, 0.25) is 0 Å². The number of amidine groups is 1. The molecule has 0 aliphatic rings. The Morgan fingerprint density at radius 3 is 2.57 bits per heavy atom. The van der Waals surface area contributed by atoms with Crippen LogP contribution in [-0.4, -0.2) is 18.2 Å². The molecule has 0 bridgehead atoms. The van der Waals surface area contributed by atoms with Crippen LogP contribution in [0.3, 0.4) is 0 Å². The smallest absolute Gasteiger partial charge is 0.171 e. The summed E-state index contributed by atoms with van der Waals surface area (Å²) in [5.74, 6) is -1.37. The third-order valence-electron chi connectivity index (χ3n) is 2.69. The van der Waals surface area contributed by atoms with Crippen LogP contribution in [0, 0.1) is 11.6 Å². The van der Waals surface area contributed by atoms with E-state index in [-0.39, 0.29) is 5.84 Å². The molecule has 0 fully saturated rings. The number of ether oxygens (including phenoxy) is 1. The average Bonchev–Trinajstić information content (AvgIpc) is 2.50. The number of nitrogens with two attached hydrogens (primary N) is 1. The van der Waals surface area contributed by atoms with Crippen LogP contribution in [0.4, 0.5) is 8.78 Å². The first kappa shape index (κ1) is 15.1. The second-order valence-electron chi connectivity index (χ2n) is 4.03. The quantitative estimate of drug-likeness (QED) is 0.394. The van der Waals surface area contributed by atoms with Gasteiger partial charge in [-0.1, -0.05) is 16.9 Å². The third-order valence-corrected chi connectivity index (χ3v) is 3.74. The van der Waals surface area contributed by atoms with Gasteiger partial charge in [0.25, 0.3) is 0 Å².